The zero-order chi connectivity index (χ0) is 40.8. The molecule has 0 aromatic rings. The van der Waals surface area contributed by atoms with Gasteiger partial charge in [0, 0.05) is 19.3 Å². The number of carbonyl (C=O) groups excluding carboxylic acids is 3. The third-order valence-corrected chi connectivity index (χ3v) is 8.83. The molecule has 0 N–H and O–H groups in total. The molecule has 0 aliphatic heterocycles. The van der Waals surface area contributed by atoms with Gasteiger partial charge < -0.3 is 14.2 Å². The topological polar surface area (TPSA) is 78.9 Å². The van der Waals surface area contributed by atoms with Crippen LogP contribution in [0.5, 0.6) is 0 Å². The van der Waals surface area contributed by atoms with E-state index in [0.29, 0.717) is 19.3 Å². The van der Waals surface area contributed by atoms with Gasteiger partial charge in [0.2, 0.25) is 0 Å². The summed E-state index contributed by atoms with van der Waals surface area (Å²) in [6.45, 7) is 6.24. The van der Waals surface area contributed by atoms with Crippen LogP contribution in [-0.2, 0) is 28.6 Å². The maximum Gasteiger partial charge on any atom is 0.306 e. The number of hydrogen-bond acceptors (Lipinski definition) is 6. The fourth-order valence-electron chi connectivity index (χ4n) is 5.51. The zero-order valence-corrected chi connectivity index (χ0v) is 35.9. The van der Waals surface area contributed by atoms with E-state index in [-0.39, 0.29) is 37.5 Å². The van der Waals surface area contributed by atoms with Gasteiger partial charge in [-0.15, -0.1) is 0 Å². The van der Waals surface area contributed by atoms with E-state index in [9.17, 15) is 14.4 Å². The Morgan fingerprint density at radius 2 is 0.768 bits per heavy atom. The minimum absolute atomic E-state index is 0.115. The fraction of sp³-hybridized carbons (Fsp3) is 0.620. The second-order valence-electron chi connectivity index (χ2n) is 14.2. The van der Waals surface area contributed by atoms with E-state index in [1.165, 1.54) is 25.7 Å². The number of hydrogen-bond donors (Lipinski definition) is 0. The van der Waals surface area contributed by atoms with E-state index < -0.39 is 6.10 Å². The van der Waals surface area contributed by atoms with Gasteiger partial charge in [-0.25, -0.2) is 0 Å². The summed E-state index contributed by atoms with van der Waals surface area (Å²) in [5.74, 6) is -1.02. The fourth-order valence-corrected chi connectivity index (χ4v) is 5.51. The first kappa shape index (κ1) is 52.3. The van der Waals surface area contributed by atoms with Gasteiger partial charge in [0.1, 0.15) is 13.2 Å². The molecule has 56 heavy (non-hydrogen) atoms. The number of esters is 3. The molecule has 1 atom stereocenters. The minimum Gasteiger partial charge on any atom is -0.462 e. The smallest absolute Gasteiger partial charge is 0.306 e. The van der Waals surface area contributed by atoms with Gasteiger partial charge in [-0.05, 0) is 96.3 Å². The molecular weight excluding hydrogens is 697 g/mol. The van der Waals surface area contributed by atoms with Crippen LogP contribution in [0.15, 0.2) is 97.2 Å². The van der Waals surface area contributed by atoms with Gasteiger partial charge >= 0.3 is 17.9 Å². The third-order valence-electron chi connectivity index (χ3n) is 8.83. The Bertz CT molecular complexity index is 1170. The van der Waals surface area contributed by atoms with Crippen molar-refractivity contribution in [1.29, 1.82) is 0 Å². The van der Waals surface area contributed by atoms with Crippen LogP contribution in [0.2, 0.25) is 0 Å². The summed E-state index contributed by atoms with van der Waals surface area (Å²) in [7, 11) is 0. The van der Waals surface area contributed by atoms with Crippen molar-refractivity contribution in [3.05, 3.63) is 97.2 Å². The monoisotopic (exact) mass is 777 g/mol. The maximum absolute atomic E-state index is 12.7. The van der Waals surface area contributed by atoms with Crippen molar-refractivity contribution in [1.82, 2.24) is 0 Å². The summed E-state index contributed by atoms with van der Waals surface area (Å²) in [6.07, 6.45) is 56.9. The number of unbranched alkanes of at least 4 members (excludes halogenated alkanes) is 12. The average molecular weight is 777 g/mol. The van der Waals surface area contributed by atoms with Gasteiger partial charge in [-0.3, -0.25) is 14.4 Å². The molecule has 0 saturated heterocycles. The van der Waals surface area contributed by atoms with Crippen LogP contribution in [0, 0.1) is 0 Å². The molecule has 6 heteroatoms. The lowest BCUT2D eigenvalue weighted by Gasteiger charge is -2.18. The van der Waals surface area contributed by atoms with Crippen molar-refractivity contribution in [2.24, 2.45) is 0 Å². The second-order valence-corrected chi connectivity index (χ2v) is 14.2. The highest BCUT2D eigenvalue weighted by atomic mass is 16.6. The van der Waals surface area contributed by atoms with E-state index in [1.54, 1.807) is 0 Å². The number of ether oxygens (including phenoxy) is 3. The van der Waals surface area contributed by atoms with Gasteiger partial charge in [0.25, 0.3) is 0 Å². The van der Waals surface area contributed by atoms with Crippen molar-refractivity contribution >= 4 is 17.9 Å². The van der Waals surface area contributed by atoms with Crippen molar-refractivity contribution in [3.63, 3.8) is 0 Å². The predicted molar refractivity (Wildman–Crippen MR) is 237 cm³/mol. The molecule has 0 rings (SSSR count). The Hall–Kier alpha value is -3.67. The highest BCUT2D eigenvalue weighted by Crippen LogP contribution is 2.11. The Morgan fingerprint density at radius 1 is 0.393 bits per heavy atom. The molecule has 0 fully saturated rings. The lowest BCUT2D eigenvalue weighted by atomic mass is 10.1. The zero-order valence-electron chi connectivity index (χ0n) is 35.9. The van der Waals surface area contributed by atoms with E-state index in [4.69, 9.17) is 14.2 Å². The SMILES string of the molecule is CC/C=C\C/C=C\C/C=C\CCCCCCCCC(=O)OCC(COC(=O)CCCCC/C=C\C=C/CCCC)OC(=O)CCC/C=C\C/C=C\C/C=C\CC. The van der Waals surface area contributed by atoms with Crippen LogP contribution < -0.4 is 0 Å². The summed E-state index contributed by atoms with van der Waals surface area (Å²) >= 11 is 0. The first-order chi connectivity index (χ1) is 27.5. The van der Waals surface area contributed by atoms with Crippen molar-refractivity contribution in [3.8, 4) is 0 Å². The predicted octanol–water partition coefficient (Wildman–Crippen LogP) is 14.2. The average Bonchev–Trinajstić information content (AvgIpc) is 3.19. The molecule has 0 heterocycles. The molecule has 0 radical (unpaired) electrons. The largest absolute Gasteiger partial charge is 0.462 e. The van der Waals surface area contributed by atoms with Crippen molar-refractivity contribution < 1.29 is 28.6 Å². The molecule has 0 aliphatic carbocycles. The van der Waals surface area contributed by atoms with Gasteiger partial charge in [0.15, 0.2) is 6.10 Å². The van der Waals surface area contributed by atoms with Gasteiger partial charge in [-0.2, -0.15) is 0 Å². The Morgan fingerprint density at radius 3 is 1.27 bits per heavy atom. The maximum atomic E-state index is 12.7. The summed E-state index contributed by atoms with van der Waals surface area (Å²) in [6, 6.07) is 0. The Kier molecular flexibility index (Phi) is 41.2. The second kappa shape index (κ2) is 44.0. The number of rotatable bonds is 38. The highest BCUT2D eigenvalue weighted by Gasteiger charge is 2.19. The molecule has 1 unspecified atom stereocenters. The highest BCUT2D eigenvalue weighted by molar-refractivity contribution is 5.71. The molecule has 0 bridgehead atoms. The molecule has 316 valence electrons. The third kappa shape index (κ3) is 41.5. The first-order valence-corrected chi connectivity index (χ1v) is 22.3. The van der Waals surface area contributed by atoms with Crippen LogP contribution in [0.3, 0.4) is 0 Å². The molecule has 0 saturated carbocycles. The molecule has 0 aromatic carbocycles. The van der Waals surface area contributed by atoms with Crippen LogP contribution in [0.4, 0.5) is 0 Å². The van der Waals surface area contributed by atoms with Crippen LogP contribution in [0.1, 0.15) is 181 Å². The summed E-state index contributed by atoms with van der Waals surface area (Å²) in [5, 5.41) is 0. The molecule has 0 aromatic heterocycles. The van der Waals surface area contributed by atoms with Crippen molar-refractivity contribution in [2.45, 2.75) is 187 Å². The van der Waals surface area contributed by atoms with Crippen LogP contribution >= 0.6 is 0 Å². The summed E-state index contributed by atoms with van der Waals surface area (Å²) in [5.41, 5.74) is 0. The van der Waals surface area contributed by atoms with Gasteiger partial charge in [0.05, 0.1) is 0 Å². The molecule has 0 aliphatic rings. The standard InChI is InChI=1S/C50H80O6/c1-4-7-10-13-16-19-22-23-24-25-26-29-31-34-37-40-43-49(52)55-46-47(56-50(53)44-41-38-35-32-28-21-18-15-12-9-6-3)45-54-48(51)42-39-36-33-30-27-20-17-14-11-8-5-2/h7,9-10,12,14,16-21,23-24,27,32,35,47H,4-6,8,11,13,15,22,25-26,28-31,33-34,36-46H2,1-3H3/b10-7-,12-9-,17-14-,19-16-,21-18-,24-23-,27-20-,35-32-. The minimum atomic E-state index is -0.818. The Balaban J connectivity index is 4.49. The summed E-state index contributed by atoms with van der Waals surface area (Å²) in [4.78, 5) is 37.7. The van der Waals surface area contributed by atoms with Crippen molar-refractivity contribution in [2.75, 3.05) is 13.2 Å². The van der Waals surface area contributed by atoms with Crippen LogP contribution in [-0.4, -0.2) is 37.2 Å². The number of allylic oxidation sites excluding steroid dienone is 16. The molecule has 6 nitrogen and oxygen atoms in total. The first-order valence-electron chi connectivity index (χ1n) is 22.3. The molecule has 0 amide bonds. The lowest BCUT2D eigenvalue weighted by molar-refractivity contribution is -0.167. The van der Waals surface area contributed by atoms with Crippen LogP contribution in [0.25, 0.3) is 0 Å². The number of carbonyl (C=O) groups is 3. The van der Waals surface area contributed by atoms with E-state index in [2.05, 4.69) is 118 Å². The summed E-state index contributed by atoms with van der Waals surface area (Å²) < 4.78 is 16.6. The quantitative estimate of drug-likeness (QED) is 0.0204. The molecular formula is C50H80O6. The van der Waals surface area contributed by atoms with E-state index >= 15 is 0 Å². The normalized spacial score (nSPS) is 13.0. The molecule has 0 spiro atoms. The lowest BCUT2D eigenvalue weighted by Crippen LogP contribution is -2.30. The van der Waals surface area contributed by atoms with Gasteiger partial charge in [-0.1, -0.05) is 163 Å². The van der Waals surface area contributed by atoms with E-state index in [0.717, 1.165) is 109 Å². The van der Waals surface area contributed by atoms with E-state index in [1.807, 2.05) is 0 Å². The Labute approximate surface area is 343 Å².